The fourth-order valence-corrected chi connectivity index (χ4v) is 12.9. The zero-order valence-corrected chi connectivity index (χ0v) is 28.3. The quantitative estimate of drug-likeness (QED) is 0.369. The summed E-state index contributed by atoms with van der Waals surface area (Å²) in [7, 11) is 10.1. The Kier molecular flexibility index (Phi) is 7.06. The molecular weight excluding hydrogens is 594 g/mol. The lowest BCUT2D eigenvalue weighted by Crippen LogP contribution is -2.81. The van der Waals surface area contributed by atoms with Crippen molar-refractivity contribution in [2.75, 3.05) is 62.5 Å². The molecule has 5 aliphatic carbocycles. The van der Waals surface area contributed by atoms with E-state index in [9.17, 15) is 4.79 Å². The highest BCUT2D eigenvalue weighted by molar-refractivity contribution is 5.91. The van der Waals surface area contributed by atoms with Gasteiger partial charge in [0.1, 0.15) is 18.5 Å². The molecule has 0 aromatic heterocycles. The standard InChI is InChI=1S/C35H49NO10/c1-9-36-16-32(2)11-10-24(41-6)34-20-14-19-23(40-5)15-33(25(20)26(19)42-7)35(31(34)36,45-17-44-33)29(28(32)34)46-30(37)18-12-21(38-3)27(43-8)22(13-18)39-4/h12-13,19-20,23-26,28-29,31H,9-11,14-17H2,1-8H3/t19-,20-,23+,24+,25-,26+,28-,29+,31-,32+,33-,34+,35+/m1/s1. The number of nitrogens with zero attached hydrogens (tertiary/aromatic N) is 1. The molecule has 7 bridgehead atoms. The van der Waals surface area contributed by atoms with Crippen molar-refractivity contribution in [3.63, 3.8) is 0 Å². The number of likely N-dealkylation sites (N-methyl/N-ethyl adjacent to an activating group) is 1. The molecule has 2 heterocycles. The van der Waals surface area contributed by atoms with Crippen molar-refractivity contribution in [2.45, 2.75) is 81.2 Å². The van der Waals surface area contributed by atoms with Gasteiger partial charge in [-0.1, -0.05) is 13.8 Å². The highest BCUT2D eigenvalue weighted by atomic mass is 16.7. The number of piperidine rings is 1. The van der Waals surface area contributed by atoms with E-state index in [1.165, 1.54) is 0 Å². The van der Waals surface area contributed by atoms with Crippen molar-refractivity contribution in [3.05, 3.63) is 17.7 Å². The molecule has 0 amide bonds. The second kappa shape index (κ2) is 10.4. The molecule has 1 aromatic carbocycles. The lowest BCUT2D eigenvalue weighted by Gasteiger charge is -2.69. The van der Waals surface area contributed by atoms with Crippen LogP contribution in [0.3, 0.4) is 0 Å². The monoisotopic (exact) mass is 643 g/mol. The Morgan fingerprint density at radius 2 is 1.74 bits per heavy atom. The minimum absolute atomic E-state index is 0.0103. The summed E-state index contributed by atoms with van der Waals surface area (Å²) >= 11 is 0. The molecule has 2 saturated heterocycles. The van der Waals surface area contributed by atoms with Crippen LogP contribution in [-0.4, -0.2) is 115 Å². The molecule has 2 aliphatic heterocycles. The Hall–Kier alpha value is -2.15. The van der Waals surface area contributed by atoms with Crippen molar-refractivity contribution < 1.29 is 47.4 Å². The molecule has 0 radical (unpaired) electrons. The fourth-order valence-electron chi connectivity index (χ4n) is 12.9. The summed E-state index contributed by atoms with van der Waals surface area (Å²) in [6.45, 7) is 6.52. The van der Waals surface area contributed by atoms with Crippen LogP contribution >= 0.6 is 0 Å². The smallest absolute Gasteiger partial charge is 0.338 e. The maximum Gasteiger partial charge on any atom is 0.338 e. The van der Waals surface area contributed by atoms with Gasteiger partial charge in [-0.2, -0.15) is 0 Å². The third-order valence-corrected chi connectivity index (χ3v) is 13.9. The van der Waals surface area contributed by atoms with Crippen LogP contribution in [0.5, 0.6) is 17.2 Å². The number of rotatable bonds is 9. The highest BCUT2D eigenvalue weighted by Gasteiger charge is 2.94. The molecular formula is C35H49NO10. The Bertz CT molecular complexity index is 1380. The van der Waals surface area contributed by atoms with Crippen LogP contribution in [0, 0.1) is 34.5 Å². The summed E-state index contributed by atoms with van der Waals surface area (Å²) in [5.74, 6) is 1.26. The average Bonchev–Trinajstić information content (AvgIpc) is 3.66. The van der Waals surface area contributed by atoms with E-state index in [-0.39, 0.29) is 65.6 Å². The summed E-state index contributed by atoms with van der Waals surface area (Å²) in [5, 5.41) is 0. The molecule has 11 heteroatoms. The minimum atomic E-state index is -0.951. The summed E-state index contributed by atoms with van der Waals surface area (Å²) in [6.07, 6.45) is 2.79. The SMILES string of the molecule is CCN1C[C@]2(C)CC[C@H](OC)[C@]34[C@@H]5C[C@H]6[C@H](OC)[C@@H]5[C@@]5(C[C@@H]6OC)OCO[C@]5([C@H]13)[C@@H](OC(=O)c1cc(OC)c(OC)c(OC)c1)[C@H]24. The summed E-state index contributed by atoms with van der Waals surface area (Å²) in [5.41, 5.74) is -1.87. The van der Waals surface area contributed by atoms with Gasteiger partial charge in [0.25, 0.3) is 0 Å². The predicted octanol–water partition coefficient (Wildman–Crippen LogP) is 3.55. The van der Waals surface area contributed by atoms with Crippen molar-refractivity contribution in [2.24, 2.45) is 34.5 Å². The number of ether oxygens (including phenoxy) is 9. The largest absolute Gasteiger partial charge is 0.493 e. The molecule has 254 valence electrons. The van der Waals surface area contributed by atoms with E-state index in [2.05, 4.69) is 18.7 Å². The second-order valence-corrected chi connectivity index (χ2v) is 14.9. The summed E-state index contributed by atoms with van der Waals surface area (Å²) in [4.78, 5) is 17.2. The van der Waals surface area contributed by atoms with Gasteiger partial charge in [-0.3, -0.25) is 4.90 Å². The highest BCUT2D eigenvalue weighted by Crippen LogP contribution is 2.82. The zero-order chi connectivity index (χ0) is 32.4. The normalized spacial score (nSPS) is 47.8. The van der Waals surface area contributed by atoms with Gasteiger partial charge in [0.05, 0.1) is 51.2 Å². The number of hydrogen-bond donors (Lipinski definition) is 0. The fraction of sp³-hybridized carbons (Fsp3) is 0.800. The Labute approximate surface area is 271 Å². The van der Waals surface area contributed by atoms with Crippen LogP contribution in [0.2, 0.25) is 0 Å². The second-order valence-electron chi connectivity index (χ2n) is 14.9. The Morgan fingerprint density at radius 3 is 2.35 bits per heavy atom. The number of methoxy groups -OCH3 is 6. The van der Waals surface area contributed by atoms with Gasteiger partial charge in [-0.05, 0) is 49.3 Å². The minimum Gasteiger partial charge on any atom is -0.493 e. The van der Waals surface area contributed by atoms with Crippen molar-refractivity contribution in [1.82, 2.24) is 4.90 Å². The maximum atomic E-state index is 14.5. The molecule has 0 N–H and O–H groups in total. The first-order chi connectivity index (χ1) is 22.2. The summed E-state index contributed by atoms with van der Waals surface area (Å²) < 4.78 is 57.1. The molecule has 7 aliphatic rings. The first kappa shape index (κ1) is 31.1. The van der Waals surface area contributed by atoms with E-state index in [4.69, 9.17) is 42.6 Å². The number of carbonyl (C=O) groups excluding carboxylic acids is 1. The Balaban J connectivity index is 1.36. The van der Waals surface area contributed by atoms with E-state index in [0.717, 1.165) is 32.4 Å². The molecule has 13 atom stereocenters. The summed E-state index contributed by atoms with van der Waals surface area (Å²) in [6, 6.07) is 3.26. The maximum absolute atomic E-state index is 14.5. The van der Waals surface area contributed by atoms with E-state index >= 15 is 0 Å². The van der Waals surface area contributed by atoms with Gasteiger partial charge in [-0.25, -0.2) is 4.79 Å². The third kappa shape index (κ3) is 3.33. The molecule has 7 fully saturated rings. The van der Waals surface area contributed by atoms with Gasteiger partial charge in [0.15, 0.2) is 17.1 Å². The van der Waals surface area contributed by atoms with E-state index in [1.54, 1.807) is 40.6 Å². The number of hydrogen-bond acceptors (Lipinski definition) is 11. The molecule has 11 nitrogen and oxygen atoms in total. The predicted molar refractivity (Wildman–Crippen MR) is 164 cm³/mol. The molecule has 1 aromatic rings. The van der Waals surface area contributed by atoms with Crippen molar-refractivity contribution >= 4 is 5.97 Å². The lowest BCUT2D eigenvalue weighted by atomic mass is 9.43. The number of carbonyl (C=O) groups is 1. The number of likely N-dealkylation sites (tertiary alicyclic amines) is 1. The average molecular weight is 644 g/mol. The Morgan fingerprint density at radius 1 is 1.00 bits per heavy atom. The van der Waals surface area contributed by atoms with Crippen molar-refractivity contribution in [3.8, 4) is 17.2 Å². The van der Waals surface area contributed by atoms with Crippen LogP contribution < -0.4 is 14.2 Å². The molecule has 5 saturated carbocycles. The van der Waals surface area contributed by atoms with Gasteiger partial charge >= 0.3 is 5.97 Å². The van der Waals surface area contributed by atoms with Gasteiger partial charge in [-0.15, -0.1) is 0 Å². The van der Waals surface area contributed by atoms with Gasteiger partial charge in [0, 0.05) is 57.5 Å². The number of esters is 1. The first-order valence-electron chi connectivity index (χ1n) is 16.8. The molecule has 8 rings (SSSR count). The first-order valence-corrected chi connectivity index (χ1v) is 16.8. The van der Waals surface area contributed by atoms with Gasteiger partial charge < -0.3 is 42.6 Å². The van der Waals surface area contributed by atoms with Crippen LogP contribution in [0.1, 0.15) is 49.9 Å². The zero-order valence-electron chi connectivity index (χ0n) is 28.3. The molecule has 3 spiro atoms. The van der Waals surface area contributed by atoms with Crippen LogP contribution in [-0.2, 0) is 28.4 Å². The third-order valence-electron chi connectivity index (χ3n) is 13.9. The van der Waals surface area contributed by atoms with Crippen LogP contribution in [0.4, 0.5) is 0 Å². The molecule has 46 heavy (non-hydrogen) atoms. The van der Waals surface area contributed by atoms with E-state index in [1.807, 2.05) is 14.2 Å². The van der Waals surface area contributed by atoms with Crippen LogP contribution in [0.25, 0.3) is 0 Å². The topological polar surface area (TPSA) is 103 Å². The molecule has 0 unspecified atom stereocenters. The van der Waals surface area contributed by atoms with E-state index < -0.39 is 23.3 Å². The lowest BCUT2D eigenvalue weighted by molar-refractivity contribution is -0.282. The van der Waals surface area contributed by atoms with Gasteiger partial charge in [0.2, 0.25) is 5.75 Å². The van der Waals surface area contributed by atoms with Crippen LogP contribution in [0.15, 0.2) is 12.1 Å². The number of benzene rings is 1. The van der Waals surface area contributed by atoms with Crippen molar-refractivity contribution in [1.29, 1.82) is 0 Å². The van der Waals surface area contributed by atoms with E-state index in [0.29, 0.717) is 29.2 Å². The number of fused-ring (bicyclic) bond motifs is 1.